The van der Waals surface area contributed by atoms with E-state index in [1.807, 2.05) is 4.90 Å². The van der Waals surface area contributed by atoms with Crippen molar-refractivity contribution in [3.63, 3.8) is 0 Å². The Hall–Kier alpha value is -3.07. The van der Waals surface area contributed by atoms with Gasteiger partial charge < -0.3 is 15.0 Å². The number of aromatic nitrogens is 3. The molecule has 4 rings (SSSR count). The zero-order valence-electron chi connectivity index (χ0n) is 15.9. The highest BCUT2D eigenvalue weighted by atomic mass is 19.1. The molecule has 0 saturated carbocycles. The monoisotopic (exact) mass is 401 g/mol. The molecule has 0 unspecified atom stereocenters. The van der Waals surface area contributed by atoms with Gasteiger partial charge in [0.15, 0.2) is 11.5 Å². The molecule has 1 fully saturated rings. The number of halogens is 2. The number of hydrogen-bond acceptors (Lipinski definition) is 5. The summed E-state index contributed by atoms with van der Waals surface area (Å²) in [6.45, 7) is 1.44. The third kappa shape index (κ3) is 3.77. The number of hydrogen-bond donors (Lipinski definition) is 2. The highest BCUT2D eigenvalue weighted by Crippen LogP contribution is 2.39. The Bertz CT molecular complexity index is 1040. The first-order valence-corrected chi connectivity index (χ1v) is 9.41. The zero-order valence-corrected chi connectivity index (χ0v) is 15.9. The Morgan fingerprint density at radius 2 is 2.24 bits per heavy atom. The number of carbonyl (C=O) groups excluding carboxylic acids is 1. The molecule has 2 N–H and O–H groups in total. The first-order chi connectivity index (χ1) is 14.1. The lowest BCUT2D eigenvalue weighted by Gasteiger charge is -2.25. The van der Waals surface area contributed by atoms with Gasteiger partial charge in [-0.1, -0.05) is 0 Å². The largest absolute Gasteiger partial charge is 0.383 e. The third-order valence-electron chi connectivity index (χ3n) is 5.09. The average molecular weight is 401 g/mol. The Morgan fingerprint density at radius 3 is 3.07 bits per heavy atom. The van der Waals surface area contributed by atoms with Gasteiger partial charge in [-0.2, -0.15) is 5.10 Å². The van der Waals surface area contributed by atoms with Crippen LogP contribution in [-0.2, 0) is 4.74 Å². The minimum absolute atomic E-state index is 0.266. The molecule has 3 aromatic rings. The summed E-state index contributed by atoms with van der Waals surface area (Å²) in [4.78, 5) is 18.6. The van der Waals surface area contributed by atoms with Crippen molar-refractivity contribution < 1.29 is 18.3 Å². The normalized spacial score (nSPS) is 16.5. The highest BCUT2D eigenvalue weighted by Gasteiger charge is 2.31. The number of fused-ring (bicyclic) bond motifs is 1. The minimum Gasteiger partial charge on any atom is -0.383 e. The maximum absolute atomic E-state index is 14.4. The van der Waals surface area contributed by atoms with Gasteiger partial charge in [0.05, 0.1) is 23.6 Å². The molecule has 0 bridgehead atoms. The van der Waals surface area contributed by atoms with Crippen molar-refractivity contribution in [3.8, 4) is 0 Å². The summed E-state index contributed by atoms with van der Waals surface area (Å²) in [6.07, 6.45) is 2.97. The van der Waals surface area contributed by atoms with E-state index in [2.05, 4.69) is 20.5 Å². The van der Waals surface area contributed by atoms with Gasteiger partial charge in [-0.3, -0.25) is 9.89 Å². The molecule has 29 heavy (non-hydrogen) atoms. The molecule has 0 radical (unpaired) electrons. The number of benzene rings is 1. The van der Waals surface area contributed by atoms with Gasteiger partial charge in [-0.15, -0.1) is 0 Å². The number of methoxy groups -OCH3 is 1. The number of rotatable bonds is 6. The van der Waals surface area contributed by atoms with E-state index in [0.717, 1.165) is 18.6 Å². The second-order valence-electron chi connectivity index (χ2n) is 6.93. The van der Waals surface area contributed by atoms with Crippen LogP contribution in [0.2, 0.25) is 0 Å². The van der Waals surface area contributed by atoms with Crippen LogP contribution in [0.3, 0.4) is 0 Å². The summed E-state index contributed by atoms with van der Waals surface area (Å²) in [5.74, 6) is -0.612. The molecule has 1 saturated heterocycles. The first kappa shape index (κ1) is 19.3. The number of nitrogens with zero attached hydrogens (tertiary/aromatic N) is 3. The molecule has 1 amide bonds. The fourth-order valence-electron chi connectivity index (χ4n) is 3.72. The van der Waals surface area contributed by atoms with Gasteiger partial charge in [-0.25, -0.2) is 13.8 Å². The van der Waals surface area contributed by atoms with E-state index in [0.29, 0.717) is 54.1 Å². The lowest BCUT2D eigenvalue weighted by molar-refractivity contribution is 0.0937. The topological polar surface area (TPSA) is 83.1 Å². The molecule has 152 valence electrons. The molecular formula is C20H21F2N5O2. The fourth-order valence-corrected chi connectivity index (χ4v) is 3.72. The molecule has 9 heteroatoms. The SMILES string of the molecule is COCCNC(=O)c1cnc2[nH]nc(N3CCC[C@@H]3c3cc(F)ccc3F)c2c1. The number of anilines is 1. The number of aromatic amines is 1. The van der Waals surface area contributed by atoms with E-state index in [-0.39, 0.29) is 11.9 Å². The zero-order chi connectivity index (χ0) is 20.4. The Labute approximate surface area is 166 Å². The third-order valence-corrected chi connectivity index (χ3v) is 5.09. The van der Waals surface area contributed by atoms with Crippen molar-refractivity contribution >= 4 is 22.8 Å². The van der Waals surface area contributed by atoms with Crippen LogP contribution in [0.1, 0.15) is 34.8 Å². The van der Waals surface area contributed by atoms with Gasteiger partial charge in [-0.05, 0) is 37.1 Å². The van der Waals surface area contributed by atoms with E-state index in [1.54, 1.807) is 13.2 Å². The second-order valence-corrected chi connectivity index (χ2v) is 6.93. The van der Waals surface area contributed by atoms with Gasteiger partial charge >= 0.3 is 0 Å². The van der Waals surface area contributed by atoms with Crippen LogP contribution in [0.15, 0.2) is 30.5 Å². The molecule has 0 aliphatic carbocycles. The number of ether oxygens (including phenoxy) is 1. The Kier molecular flexibility index (Phi) is 5.39. The van der Waals surface area contributed by atoms with Crippen LogP contribution in [0.5, 0.6) is 0 Å². The summed E-state index contributed by atoms with van der Waals surface area (Å²) in [5, 5.41) is 10.6. The summed E-state index contributed by atoms with van der Waals surface area (Å²) < 4.78 is 33.0. The van der Waals surface area contributed by atoms with Crippen LogP contribution < -0.4 is 10.2 Å². The molecule has 0 spiro atoms. The van der Waals surface area contributed by atoms with Crippen molar-refractivity contribution in [2.24, 2.45) is 0 Å². The lowest BCUT2D eigenvalue weighted by atomic mass is 10.0. The van der Waals surface area contributed by atoms with E-state index < -0.39 is 11.6 Å². The lowest BCUT2D eigenvalue weighted by Crippen LogP contribution is -2.27. The van der Waals surface area contributed by atoms with E-state index >= 15 is 0 Å². The van der Waals surface area contributed by atoms with E-state index in [4.69, 9.17) is 4.74 Å². The number of nitrogens with one attached hydrogen (secondary N) is 2. The summed E-state index contributed by atoms with van der Waals surface area (Å²) in [5.41, 5.74) is 1.22. The van der Waals surface area contributed by atoms with Crippen LogP contribution >= 0.6 is 0 Å². The smallest absolute Gasteiger partial charge is 0.252 e. The number of carbonyl (C=O) groups is 1. The molecular weight excluding hydrogens is 380 g/mol. The first-order valence-electron chi connectivity index (χ1n) is 9.41. The molecule has 1 atom stereocenters. The van der Waals surface area contributed by atoms with Crippen LogP contribution in [0.4, 0.5) is 14.6 Å². The quantitative estimate of drug-likeness (QED) is 0.621. The number of amides is 1. The predicted molar refractivity (Wildman–Crippen MR) is 104 cm³/mol. The van der Waals surface area contributed by atoms with Gasteiger partial charge in [0, 0.05) is 32.0 Å². The van der Waals surface area contributed by atoms with E-state index in [1.165, 1.54) is 12.3 Å². The molecule has 1 aliphatic rings. The Morgan fingerprint density at radius 1 is 1.38 bits per heavy atom. The summed E-state index contributed by atoms with van der Waals surface area (Å²) in [7, 11) is 1.56. The molecule has 3 heterocycles. The van der Waals surface area contributed by atoms with Gasteiger partial charge in [0.25, 0.3) is 5.91 Å². The molecule has 2 aromatic heterocycles. The van der Waals surface area contributed by atoms with Crippen LogP contribution in [0, 0.1) is 11.6 Å². The maximum Gasteiger partial charge on any atom is 0.252 e. The van der Waals surface area contributed by atoms with E-state index in [9.17, 15) is 13.6 Å². The predicted octanol–water partition coefficient (Wildman–Crippen LogP) is 2.95. The van der Waals surface area contributed by atoms with Gasteiger partial charge in [0.2, 0.25) is 0 Å². The average Bonchev–Trinajstić information content (AvgIpc) is 3.35. The summed E-state index contributed by atoms with van der Waals surface area (Å²) in [6, 6.07) is 4.87. The van der Waals surface area contributed by atoms with Crippen molar-refractivity contribution in [1.82, 2.24) is 20.5 Å². The fraction of sp³-hybridized carbons (Fsp3) is 0.350. The van der Waals surface area contributed by atoms with Crippen LogP contribution in [0.25, 0.3) is 11.0 Å². The van der Waals surface area contributed by atoms with Crippen molar-refractivity contribution in [2.75, 3.05) is 31.7 Å². The number of H-pyrrole nitrogens is 1. The maximum atomic E-state index is 14.4. The number of pyridine rings is 1. The van der Waals surface area contributed by atoms with Crippen LogP contribution in [-0.4, -0.2) is 47.9 Å². The highest BCUT2D eigenvalue weighted by molar-refractivity contribution is 5.99. The van der Waals surface area contributed by atoms with Crippen molar-refractivity contribution in [2.45, 2.75) is 18.9 Å². The van der Waals surface area contributed by atoms with Crippen molar-refractivity contribution in [1.29, 1.82) is 0 Å². The molecule has 7 nitrogen and oxygen atoms in total. The molecule has 1 aromatic carbocycles. The van der Waals surface area contributed by atoms with Crippen molar-refractivity contribution in [3.05, 3.63) is 53.2 Å². The standard InChI is InChI=1S/C20H21F2N5O2/c1-29-8-6-23-20(28)12-9-15-18(24-11-12)25-26-19(15)27-7-2-3-17(27)14-10-13(21)4-5-16(14)22/h4-5,9-11,17H,2-3,6-8H2,1H3,(H,23,28)(H,24,25,26)/t17-/m1/s1. The summed E-state index contributed by atoms with van der Waals surface area (Å²) >= 11 is 0. The minimum atomic E-state index is -0.475. The Balaban J connectivity index is 1.67. The van der Waals surface area contributed by atoms with Gasteiger partial charge in [0.1, 0.15) is 11.6 Å². The second kappa shape index (κ2) is 8.12. The molecule has 1 aliphatic heterocycles.